The molecule has 1 unspecified atom stereocenters. The molecule has 2 aromatic rings. The van der Waals surface area contributed by atoms with E-state index in [-0.39, 0.29) is 11.7 Å². The summed E-state index contributed by atoms with van der Waals surface area (Å²) in [6, 6.07) is 19.1. The molecule has 0 heterocycles. The highest BCUT2D eigenvalue weighted by atomic mass is 19.1. The number of benzene rings is 2. The molecule has 0 radical (unpaired) electrons. The second-order valence-electron chi connectivity index (χ2n) is 4.08. The van der Waals surface area contributed by atoms with Crippen molar-refractivity contribution in [2.45, 2.75) is 12.8 Å². The van der Waals surface area contributed by atoms with E-state index in [1.165, 1.54) is 0 Å². The van der Waals surface area contributed by atoms with Crippen LogP contribution in [0.25, 0.3) is 5.83 Å². The van der Waals surface area contributed by atoms with Crippen molar-refractivity contribution in [3.8, 4) is 0 Å². The molecule has 0 bridgehead atoms. The van der Waals surface area contributed by atoms with E-state index >= 15 is 0 Å². The molecule has 86 valence electrons. The lowest BCUT2D eigenvalue weighted by molar-refractivity contribution is 0.748. The average molecular weight is 226 g/mol. The molecule has 0 aliphatic carbocycles. The van der Waals surface area contributed by atoms with Gasteiger partial charge < -0.3 is 0 Å². The van der Waals surface area contributed by atoms with Gasteiger partial charge in [-0.1, -0.05) is 67.6 Å². The Morgan fingerprint density at radius 2 is 1.47 bits per heavy atom. The molecule has 2 aromatic carbocycles. The third-order valence-corrected chi connectivity index (χ3v) is 2.77. The summed E-state index contributed by atoms with van der Waals surface area (Å²) in [7, 11) is 0. The zero-order valence-corrected chi connectivity index (χ0v) is 9.81. The Morgan fingerprint density at radius 1 is 0.941 bits per heavy atom. The minimum absolute atomic E-state index is 0.0800. The van der Waals surface area contributed by atoms with E-state index in [0.717, 1.165) is 5.56 Å². The molecule has 0 nitrogen and oxygen atoms in total. The van der Waals surface area contributed by atoms with Crippen molar-refractivity contribution in [1.29, 1.82) is 0 Å². The summed E-state index contributed by atoms with van der Waals surface area (Å²) < 4.78 is 13.9. The standard InChI is InChI=1S/C16H15F/c1-13(14-8-4-2-5-9-14)12-16(17)15-10-6-3-7-11-15/h2-13H,1H3/b16-12+. The van der Waals surface area contributed by atoms with Crippen molar-refractivity contribution >= 4 is 5.83 Å². The first-order chi connectivity index (χ1) is 8.27. The van der Waals surface area contributed by atoms with E-state index in [9.17, 15) is 4.39 Å². The third-order valence-electron chi connectivity index (χ3n) is 2.77. The first-order valence-corrected chi connectivity index (χ1v) is 5.75. The number of allylic oxidation sites excluding steroid dienone is 1. The zero-order valence-electron chi connectivity index (χ0n) is 9.81. The number of hydrogen-bond donors (Lipinski definition) is 0. The fourth-order valence-electron chi connectivity index (χ4n) is 1.77. The van der Waals surface area contributed by atoms with E-state index in [1.807, 2.05) is 55.5 Å². The van der Waals surface area contributed by atoms with Gasteiger partial charge in [0, 0.05) is 11.5 Å². The van der Waals surface area contributed by atoms with Crippen LogP contribution < -0.4 is 0 Å². The van der Waals surface area contributed by atoms with Gasteiger partial charge in [0.25, 0.3) is 0 Å². The Bertz CT molecular complexity index is 485. The van der Waals surface area contributed by atoms with Crippen LogP contribution in [0.2, 0.25) is 0 Å². The van der Waals surface area contributed by atoms with Crippen molar-refractivity contribution in [1.82, 2.24) is 0 Å². The summed E-state index contributed by atoms with van der Waals surface area (Å²) in [6.45, 7) is 2.00. The third kappa shape index (κ3) is 3.04. The van der Waals surface area contributed by atoms with Crippen LogP contribution in [0, 0.1) is 0 Å². The van der Waals surface area contributed by atoms with Gasteiger partial charge in [-0.05, 0) is 11.6 Å². The second-order valence-corrected chi connectivity index (χ2v) is 4.08. The van der Waals surface area contributed by atoms with Crippen LogP contribution in [0.5, 0.6) is 0 Å². The van der Waals surface area contributed by atoms with Crippen LogP contribution >= 0.6 is 0 Å². The number of halogens is 1. The first-order valence-electron chi connectivity index (χ1n) is 5.75. The summed E-state index contributed by atoms with van der Waals surface area (Å²) in [6.07, 6.45) is 1.66. The van der Waals surface area contributed by atoms with Crippen LogP contribution in [-0.2, 0) is 0 Å². The molecule has 0 fully saturated rings. The van der Waals surface area contributed by atoms with Crippen molar-refractivity contribution in [3.63, 3.8) is 0 Å². The molecule has 0 amide bonds. The fourth-order valence-corrected chi connectivity index (χ4v) is 1.77. The van der Waals surface area contributed by atoms with E-state index < -0.39 is 0 Å². The monoisotopic (exact) mass is 226 g/mol. The minimum Gasteiger partial charge on any atom is -0.207 e. The molecular weight excluding hydrogens is 211 g/mol. The van der Waals surface area contributed by atoms with E-state index in [1.54, 1.807) is 18.2 Å². The lowest BCUT2D eigenvalue weighted by Crippen LogP contribution is -1.89. The van der Waals surface area contributed by atoms with Crippen molar-refractivity contribution in [2.75, 3.05) is 0 Å². The van der Waals surface area contributed by atoms with Crippen LogP contribution in [0.4, 0.5) is 4.39 Å². The van der Waals surface area contributed by atoms with Crippen LogP contribution in [0.3, 0.4) is 0 Å². The highest BCUT2D eigenvalue weighted by Gasteiger charge is 2.05. The van der Waals surface area contributed by atoms with Gasteiger partial charge in [-0.3, -0.25) is 0 Å². The molecule has 1 atom stereocenters. The Labute approximate surface area is 101 Å². The lowest BCUT2D eigenvalue weighted by atomic mass is 9.99. The molecule has 0 aromatic heterocycles. The summed E-state index contributed by atoms with van der Waals surface area (Å²) in [5.74, 6) is -0.0849. The molecule has 17 heavy (non-hydrogen) atoms. The average Bonchev–Trinajstić information content (AvgIpc) is 2.40. The highest BCUT2D eigenvalue weighted by molar-refractivity contribution is 5.59. The van der Waals surface area contributed by atoms with Gasteiger partial charge in [0.2, 0.25) is 0 Å². The molecule has 0 N–H and O–H groups in total. The van der Waals surface area contributed by atoms with Crippen LogP contribution in [-0.4, -0.2) is 0 Å². The van der Waals surface area contributed by atoms with E-state index in [4.69, 9.17) is 0 Å². The van der Waals surface area contributed by atoms with Gasteiger partial charge in [-0.25, -0.2) is 4.39 Å². The van der Waals surface area contributed by atoms with Crippen molar-refractivity contribution in [2.24, 2.45) is 0 Å². The van der Waals surface area contributed by atoms with E-state index in [2.05, 4.69) is 0 Å². The maximum Gasteiger partial charge on any atom is 0.127 e. The SMILES string of the molecule is CC(/C=C(/F)c1ccccc1)c1ccccc1. The predicted octanol–water partition coefficient (Wildman–Crippen LogP) is 4.80. The van der Waals surface area contributed by atoms with Crippen LogP contribution in [0.15, 0.2) is 66.7 Å². The maximum absolute atomic E-state index is 13.9. The van der Waals surface area contributed by atoms with Gasteiger partial charge in [0.1, 0.15) is 5.83 Å². The molecule has 0 saturated heterocycles. The zero-order chi connectivity index (χ0) is 12.1. The molecule has 0 saturated carbocycles. The van der Waals surface area contributed by atoms with Gasteiger partial charge >= 0.3 is 0 Å². The molecular formula is C16H15F. The highest BCUT2D eigenvalue weighted by Crippen LogP contribution is 2.23. The minimum atomic E-state index is -0.165. The van der Waals surface area contributed by atoms with Gasteiger partial charge in [-0.2, -0.15) is 0 Å². The van der Waals surface area contributed by atoms with Gasteiger partial charge in [0.15, 0.2) is 0 Å². The second kappa shape index (κ2) is 5.44. The maximum atomic E-state index is 13.9. The van der Waals surface area contributed by atoms with Gasteiger partial charge in [-0.15, -0.1) is 0 Å². The smallest absolute Gasteiger partial charge is 0.127 e. The Balaban J connectivity index is 2.20. The Morgan fingerprint density at radius 3 is 2.06 bits per heavy atom. The molecule has 0 aliphatic rings. The Hall–Kier alpha value is -1.89. The topological polar surface area (TPSA) is 0 Å². The molecule has 0 spiro atoms. The summed E-state index contributed by atoms with van der Waals surface area (Å²) in [4.78, 5) is 0. The van der Waals surface area contributed by atoms with E-state index in [0.29, 0.717) is 5.56 Å². The normalized spacial score (nSPS) is 13.4. The molecule has 2 rings (SSSR count). The quantitative estimate of drug-likeness (QED) is 0.705. The van der Waals surface area contributed by atoms with Crippen molar-refractivity contribution in [3.05, 3.63) is 77.9 Å². The summed E-state index contributed by atoms with van der Waals surface area (Å²) in [5, 5.41) is 0. The van der Waals surface area contributed by atoms with Crippen molar-refractivity contribution < 1.29 is 4.39 Å². The molecule has 0 aliphatic heterocycles. The van der Waals surface area contributed by atoms with Gasteiger partial charge in [0.05, 0.1) is 0 Å². The molecule has 1 heteroatoms. The number of rotatable bonds is 3. The summed E-state index contributed by atoms with van der Waals surface area (Å²) in [5.41, 5.74) is 1.76. The predicted molar refractivity (Wildman–Crippen MR) is 70.4 cm³/mol. The largest absolute Gasteiger partial charge is 0.207 e. The lowest BCUT2D eigenvalue weighted by Gasteiger charge is -2.07. The fraction of sp³-hybridized carbons (Fsp3) is 0.125. The summed E-state index contributed by atoms with van der Waals surface area (Å²) >= 11 is 0. The van der Waals surface area contributed by atoms with Crippen LogP contribution in [0.1, 0.15) is 24.0 Å². The first kappa shape index (κ1) is 11.6. The Kier molecular flexibility index (Phi) is 3.71. The number of hydrogen-bond acceptors (Lipinski definition) is 0.